The van der Waals surface area contributed by atoms with E-state index in [-0.39, 0.29) is 0 Å². The van der Waals surface area contributed by atoms with Crippen LogP contribution in [0.15, 0.2) is 31.0 Å². The minimum atomic E-state index is -0.450. The molecule has 0 unspecified atom stereocenters. The molecule has 0 aliphatic carbocycles. The molecule has 3 nitrogen and oxygen atoms in total. The lowest BCUT2D eigenvalue weighted by Crippen LogP contribution is -2.23. The first kappa shape index (κ1) is 11.7. The molecular formula is C12H18N2O. The summed E-state index contributed by atoms with van der Waals surface area (Å²) in [6, 6.07) is 3.74. The van der Waals surface area contributed by atoms with Crippen LogP contribution in [0.3, 0.4) is 0 Å². The lowest BCUT2D eigenvalue weighted by atomic mass is 10.1. The molecule has 0 aliphatic heterocycles. The summed E-state index contributed by atoms with van der Waals surface area (Å²) in [6.07, 6.45) is 3.12. The highest BCUT2D eigenvalue weighted by Gasteiger charge is 2.06. The first-order valence-electron chi connectivity index (χ1n) is 5.19. The van der Waals surface area contributed by atoms with Gasteiger partial charge in [0.25, 0.3) is 0 Å². The molecule has 0 saturated carbocycles. The van der Waals surface area contributed by atoms with E-state index in [1.165, 1.54) is 0 Å². The van der Waals surface area contributed by atoms with E-state index >= 15 is 0 Å². The number of aromatic nitrogens is 1. The van der Waals surface area contributed by atoms with Gasteiger partial charge in [-0.1, -0.05) is 6.08 Å². The Morgan fingerprint density at radius 2 is 2.40 bits per heavy atom. The molecule has 1 rings (SSSR count). The van der Waals surface area contributed by atoms with Crippen LogP contribution >= 0.6 is 0 Å². The molecule has 82 valence electrons. The van der Waals surface area contributed by atoms with Crippen LogP contribution in [0.25, 0.3) is 0 Å². The van der Waals surface area contributed by atoms with Crippen LogP contribution in [0.1, 0.15) is 25.5 Å². The van der Waals surface area contributed by atoms with Crippen molar-refractivity contribution >= 4 is 5.82 Å². The van der Waals surface area contributed by atoms with Crippen molar-refractivity contribution in [2.75, 3.05) is 18.0 Å². The van der Waals surface area contributed by atoms with E-state index in [9.17, 15) is 5.11 Å². The van der Waals surface area contributed by atoms with Gasteiger partial charge >= 0.3 is 0 Å². The van der Waals surface area contributed by atoms with Gasteiger partial charge in [-0.2, -0.15) is 0 Å². The third-order valence-electron chi connectivity index (χ3n) is 2.31. The Labute approximate surface area is 91.1 Å². The maximum absolute atomic E-state index is 9.47. The topological polar surface area (TPSA) is 36.4 Å². The largest absolute Gasteiger partial charge is 0.389 e. The molecule has 0 radical (unpaired) electrons. The normalized spacial score (nSPS) is 12.2. The molecule has 0 saturated heterocycles. The predicted molar refractivity (Wildman–Crippen MR) is 63.0 cm³/mol. The molecule has 0 aliphatic rings. The van der Waals surface area contributed by atoms with Gasteiger partial charge in [0, 0.05) is 19.3 Å². The average molecular weight is 206 g/mol. The summed E-state index contributed by atoms with van der Waals surface area (Å²) in [7, 11) is 0. The third kappa shape index (κ3) is 3.06. The minimum Gasteiger partial charge on any atom is -0.389 e. The number of nitrogens with zero attached hydrogens (tertiary/aromatic N) is 2. The molecule has 3 heteroatoms. The summed E-state index contributed by atoms with van der Waals surface area (Å²) in [5.74, 6) is 0.885. The van der Waals surface area contributed by atoms with E-state index in [1.54, 1.807) is 13.1 Å². The zero-order valence-corrected chi connectivity index (χ0v) is 9.35. The van der Waals surface area contributed by atoms with E-state index in [2.05, 4.69) is 23.4 Å². The van der Waals surface area contributed by atoms with Crippen LogP contribution in [-0.2, 0) is 0 Å². The van der Waals surface area contributed by atoms with E-state index < -0.39 is 6.10 Å². The van der Waals surface area contributed by atoms with Gasteiger partial charge in [0.2, 0.25) is 0 Å². The van der Waals surface area contributed by atoms with Gasteiger partial charge in [-0.25, -0.2) is 4.98 Å². The molecule has 0 aromatic carbocycles. The summed E-state index contributed by atoms with van der Waals surface area (Å²) in [6.45, 7) is 9.18. The molecule has 1 atom stereocenters. The Morgan fingerprint density at radius 1 is 1.67 bits per heavy atom. The summed E-state index contributed by atoms with van der Waals surface area (Å²) in [5, 5.41) is 9.47. The van der Waals surface area contributed by atoms with Gasteiger partial charge in [-0.3, -0.25) is 0 Å². The van der Waals surface area contributed by atoms with Gasteiger partial charge in [0.15, 0.2) is 0 Å². The van der Waals surface area contributed by atoms with Crippen molar-refractivity contribution in [3.05, 3.63) is 36.5 Å². The SMILES string of the molecule is C=CCN(CC)c1cc([C@H](C)O)ccn1. The second kappa shape index (κ2) is 5.51. The number of aliphatic hydroxyl groups is 1. The fourth-order valence-corrected chi connectivity index (χ4v) is 1.41. The summed E-state index contributed by atoms with van der Waals surface area (Å²) >= 11 is 0. The van der Waals surface area contributed by atoms with Crippen LogP contribution in [0.5, 0.6) is 0 Å². The lowest BCUT2D eigenvalue weighted by Gasteiger charge is -2.20. The van der Waals surface area contributed by atoms with Gasteiger partial charge in [0.05, 0.1) is 6.10 Å². The van der Waals surface area contributed by atoms with Crippen molar-refractivity contribution in [2.24, 2.45) is 0 Å². The van der Waals surface area contributed by atoms with Crippen LogP contribution in [-0.4, -0.2) is 23.2 Å². The number of pyridine rings is 1. The highest BCUT2D eigenvalue weighted by Crippen LogP contribution is 2.17. The molecule has 1 N–H and O–H groups in total. The van der Waals surface area contributed by atoms with Crippen LogP contribution in [0.2, 0.25) is 0 Å². The van der Waals surface area contributed by atoms with E-state index in [1.807, 2.05) is 18.2 Å². The van der Waals surface area contributed by atoms with Crippen LogP contribution < -0.4 is 4.90 Å². The van der Waals surface area contributed by atoms with Gasteiger partial charge < -0.3 is 10.0 Å². The highest BCUT2D eigenvalue weighted by atomic mass is 16.3. The molecule has 0 fully saturated rings. The predicted octanol–water partition coefficient (Wildman–Crippen LogP) is 2.15. The van der Waals surface area contributed by atoms with E-state index in [0.29, 0.717) is 0 Å². The second-order valence-electron chi connectivity index (χ2n) is 3.45. The first-order chi connectivity index (χ1) is 7.19. The number of rotatable bonds is 5. The fraction of sp³-hybridized carbons (Fsp3) is 0.417. The Balaban J connectivity index is 2.92. The van der Waals surface area contributed by atoms with Gasteiger partial charge in [-0.15, -0.1) is 6.58 Å². The van der Waals surface area contributed by atoms with Crippen molar-refractivity contribution in [2.45, 2.75) is 20.0 Å². The van der Waals surface area contributed by atoms with E-state index in [4.69, 9.17) is 0 Å². The Kier molecular flexibility index (Phi) is 4.31. The fourth-order valence-electron chi connectivity index (χ4n) is 1.41. The molecule has 1 aromatic heterocycles. The zero-order chi connectivity index (χ0) is 11.3. The number of likely N-dealkylation sites (N-methyl/N-ethyl adjacent to an activating group) is 1. The summed E-state index contributed by atoms with van der Waals surface area (Å²) in [4.78, 5) is 6.37. The van der Waals surface area contributed by atoms with Crippen molar-refractivity contribution in [3.63, 3.8) is 0 Å². The Morgan fingerprint density at radius 3 is 2.93 bits per heavy atom. The van der Waals surface area contributed by atoms with E-state index in [0.717, 1.165) is 24.5 Å². The van der Waals surface area contributed by atoms with Crippen molar-refractivity contribution in [3.8, 4) is 0 Å². The number of hydrogen-bond donors (Lipinski definition) is 1. The monoisotopic (exact) mass is 206 g/mol. The summed E-state index contributed by atoms with van der Waals surface area (Å²) in [5.41, 5.74) is 0.891. The summed E-state index contributed by atoms with van der Waals surface area (Å²) < 4.78 is 0. The lowest BCUT2D eigenvalue weighted by molar-refractivity contribution is 0.199. The standard InChI is InChI=1S/C12H18N2O/c1-4-8-14(5-2)12-9-11(10(3)15)6-7-13-12/h4,6-7,9-10,15H,1,5,8H2,2-3H3/t10-/m0/s1. The maximum atomic E-state index is 9.47. The molecule has 0 spiro atoms. The first-order valence-corrected chi connectivity index (χ1v) is 5.19. The molecule has 0 amide bonds. The van der Waals surface area contributed by atoms with Crippen molar-refractivity contribution in [1.29, 1.82) is 0 Å². The van der Waals surface area contributed by atoms with Crippen LogP contribution in [0, 0.1) is 0 Å². The number of anilines is 1. The molecule has 1 aromatic rings. The number of aliphatic hydroxyl groups excluding tert-OH is 1. The quantitative estimate of drug-likeness (QED) is 0.750. The maximum Gasteiger partial charge on any atom is 0.129 e. The Hall–Kier alpha value is -1.35. The Bertz CT molecular complexity index is 323. The van der Waals surface area contributed by atoms with Gasteiger partial charge in [0.1, 0.15) is 5.82 Å². The zero-order valence-electron chi connectivity index (χ0n) is 9.35. The van der Waals surface area contributed by atoms with Crippen LogP contribution in [0.4, 0.5) is 5.82 Å². The van der Waals surface area contributed by atoms with Crippen molar-refractivity contribution < 1.29 is 5.11 Å². The molecule has 0 bridgehead atoms. The van der Waals surface area contributed by atoms with Crippen molar-refractivity contribution in [1.82, 2.24) is 4.98 Å². The molecule has 15 heavy (non-hydrogen) atoms. The third-order valence-corrected chi connectivity index (χ3v) is 2.31. The smallest absolute Gasteiger partial charge is 0.129 e. The molecule has 1 heterocycles. The second-order valence-corrected chi connectivity index (χ2v) is 3.45. The van der Waals surface area contributed by atoms with Gasteiger partial charge in [-0.05, 0) is 31.5 Å². The highest BCUT2D eigenvalue weighted by molar-refractivity contribution is 5.42. The average Bonchev–Trinajstić information content (AvgIpc) is 2.26. The minimum absolute atomic E-state index is 0.450. The molecular weight excluding hydrogens is 188 g/mol. The number of hydrogen-bond acceptors (Lipinski definition) is 3.